The molecule has 1 nitrogen and oxygen atoms in total. The van der Waals surface area contributed by atoms with Crippen molar-refractivity contribution >= 4 is 11.9 Å². The molecule has 0 amide bonds. The molecule has 0 radical (unpaired) electrons. The molecular weight excluding hydrogens is 167 g/mol. The molecular formula is C11H11FO. The van der Waals surface area contributed by atoms with Gasteiger partial charge in [0.25, 0.3) is 0 Å². The van der Waals surface area contributed by atoms with Gasteiger partial charge in [-0.25, -0.2) is 4.39 Å². The zero-order chi connectivity index (χ0) is 9.68. The predicted molar refractivity (Wildman–Crippen MR) is 50.7 cm³/mol. The minimum atomic E-state index is -0.257. The zero-order valence-corrected chi connectivity index (χ0v) is 7.29. The lowest BCUT2D eigenvalue weighted by atomic mass is 10.0. The first-order valence-corrected chi connectivity index (χ1v) is 4.11. The number of carbonyl (C=O) groups excluding carboxylic acids is 1. The molecule has 0 aliphatic rings. The first-order valence-electron chi connectivity index (χ1n) is 4.11. The molecule has 2 heteroatoms. The molecule has 0 saturated carbocycles. The maximum absolute atomic E-state index is 12.5. The van der Waals surface area contributed by atoms with E-state index in [1.807, 2.05) is 0 Å². The molecule has 0 aliphatic carbocycles. The molecule has 0 heterocycles. The third-order valence-corrected chi connectivity index (χ3v) is 1.82. The van der Waals surface area contributed by atoms with E-state index in [1.165, 1.54) is 12.1 Å². The van der Waals surface area contributed by atoms with E-state index < -0.39 is 0 Å². The second-order valence-electron chi connectivity index (χ2n) is 2.82. The van der Waals surface area contributed by atoms with Gasteiger partial charge in [-0.05, 0) is 29.7 Å². The van der Waals surface area contributed by atoms with E-state index in [1.54, 1.807) is 12.1 Å². The molecule has 0 atom stereocenters. The van der Waals surface area contributed by atoms with Crippen molar-refractivity contribution in [2.24, 2.45) is 0 Å². The van der Waals surface area contributed by atoms with Gasteiger partial charge in [-0.15, -0.1) is 0 Å². The fourth-order valence-electron chi connectivity index (χ4n) is 1.06. The molecule has 0 N–H and O–H groups in total. The monoisotopic (exact) mass is 178 g/mol. The second-order valence-corrected chi connectivity index (χ2v) is 2.82. The quantitative estimate of drug-likeness (QED) is 0.648. The molecule has 0 aromatic heterocycles. The molecule has 0 saturated heterocycles. The summed E-state index contributed by atoms with van der Waals surface area (Å²) in [5.74, 6) is -0.257. The highest BCUT2D eigenvalue weighted by molar-refractivity contribution is 5.65. The van der Waals surface area contributed by atoms with Gasteiger partial charge >= 0.3 is 0 Å². The smallest absolute Gasteiger partial charge is 0.123 e. The van der Waals surface area contributed by atoms with Crippen molar-refractivity contribution in [1.82, 2.24) is 0 Å². The Kier molecular flexibility index (Phi) is 3.38. The Morgan fingerprint density at radius 3 is 2.54 bits per heavy atom. The van der Waals surface area contributed by atoms with Gasteiger partial charge < -0.3 is 4.79 Å². The maximum atomic E-state index is 12.5. The lowest BCUT2D eigenvalue weighted by molar-refractivity contribution is -0.107. The second kappa shape index (κ2) is 4.55. The van der Waals surface area contributed by atoms with Crippen LogP contribution in [0.2, 0.25) is 0 Å². The van der Waals surface area contributed by atoms with Gasteiger partial charge in [-0.2, -0.15) is 0 Å². The minimum absolute atomic E-state index is 0.257. The molecule has 0 aliphatic heterocycles. The Morgan fingerprint density at radius 1 is 1.38 bits per heavy atom. The summed E-state index contributed by atoms with van der Waals surface area (Å²) < 4.78 is 12.5. The van der Waals surface area contributed by atoms with E-state index in [0.29, 0.717) is 12.8 Å². The van der Waals surface area contributed by atoms with E-state index in [9.17, 15) is 9.18 Å². The number of benzene rings is 1. The molecule has 1 aromatic rings. The average molecular weight is 178 g/mol. The fraction of sp³-hybridized carbons (Fsp3) is 0.182. The van der Waals surface area contributed by atoms with Crippen molar-refractivity contribution in [1.29, 1.82) is 0 Å². The lowest BCUT2D eigenvalue weighted by Crippen LogP contribution is -1.84. The third kappa shape index (κ3) is 2.82. The maximum Gasteiger partial charge on any atom is 0.123 e. The van der Waals surface area contributed by atoms with Gasteiger partial charge in [-0.3, -0.25) is 0 Å². The van der Waals surface area contributed by atoms with Gasteiger partial charge in [0.15, 0.2) is 0 Å². The minimum Gasteiger partial charge on any atom is -0.303 e. The predicted octanol–water partition coefficient (Wildman–Crippen LogP) is 2.82. The van der Waals surface area contributed by atoms with Crippen molar-refractivity contribution in [2.45, 2.75) is 12.8 Å². The Labute approximate surface area is 76.9 Å². The normalized spacial score (nSPS) is 9.62. The van der Waals surface area contributed by atoms with Crippen LogP contribution in [0.3, 0.4) is 0 Å². The molecule has 0 bridgehead atoms. The Morgan fingerprint density at radius 2 is 2.00 bits per heavy atom. The van der Waals surface area contributed by atoms with E-state index in [-0.39, 0.29) is 5.82 Å². The summed E-state index contributed by atoms with van der Waals surface area (Å²) in [6, 6.07) is 6.12. The number of hydrogen-bond donors (Lipinski definition) is 0. The Bertz CT molecular complexity index is 300. The zero-order valence-electron chi connectivity index (χ0n) is 7.29. The van der Waals surface area contributed by atoms with Crippen LogP contribution in [0.15, 0.2) is 30.8 Å². The van der Waals surface area contributed by atoms with Gasteiger partial charge in [0.2, 0.25) is 0 Å². The molecule has 0 spiro atoms. The number of rotatable bonds is 4. The van der Waals surface area contributed by atoms with Crippen molar-refractivity contribution in [3.8, 4) is 0 Å². The first-order chi connectivity index (χ1) is 6.24. The number of carbonyl (C=O) groups is 1. The van der Waals surface area contributed by atoms with Crippen LogP contribution in [-0.4, -0.2) is 6.29 Å². The fourth-order valence-corrected chi connectivity index (χ4v) is 1.06. The number of allylic oxidation sites excluding steroid dienone is 1. The standard InChI is InChI=1S/C11H11FO/c1-9(3-2-8-13)10-4-6-11(12)7-5-10/h4-8H,1-3H2. The van der Waals surface area contributed by atoms with Gasteiger partial charge in [0, 0.05) is 6.42 Å². The van der Waals surface area contributed by atoms with Crippen molar-refractivity contribution < 1.29 is 9.18 Å². The SMILES string of the molecule is C=C(CCC=O)c1ccc(F)cc1. The van der Waals surface area contributed by atoms with Gasteiger partial charge in [0.1, 0.15) is 12.1 Å². The largest absolute Gasteiger partial charge is 0.303 e. The van der Waals surface area contributed by atoms with Crippen LogP contribution in [0, 0.1) is 5.82 Å². The van der Waals surface area contributed by atoms with E-state index in [2.05, 4.69) is 6.58 Å². The Hall–Kier alpha value is -1.44. The van der Waals surface area contributed by atoms with Crippen molar-refractivity contribution in [2.75, 3.05) is 0 Å². The summed E-state index contributed by atoms with van der Waals surface area (Å²) in [7, 11) is 0. The summed E-state index contributed by atoms with van der Waals surface area (Å²) in [5.41, 5.74) is 1.76. The van der Waals surface area contributed by atoms with Crippen LogP contribution < -0.4 is 0 Å². The summed E-state index contributed by atoms with van der Waals surface area (Å²) in [5, 5.41) is 0. The van der Waals surface area contributed by atoms with Gasteiger partial charge in [-0.1, -0.05) is 18.7 Å². The molecule has 1 rings (SSSR count). The van der Waals surface area contributed by atoms with Crippen LogP contribution >= 0.6 is 0 Å². The topological polar surface area (TPSA) is 17.1 Å². The van der Waals surface area contributed by atoms with Crippen LogP contribution in [0.1, 0.15) is 18.4 Å². The van der Waals surface area contributed by atoms with E-state index in [4.69, 9.17) is 0 Å². The Balaban J connectivity index is 2.66. The highest BCUT2D eigenvalue weighted by Gasteiger charge is 1.98. The summed E-state index contributed by atoms with van der Waals surface area (Å²) in [6.45, 7) is 3.81. The average Bonchev–Trinajstić information content (AvgIpc) is 2.15. The van der Waals surface area contributed by atoms with Crippen LogP contribution in [0.4, 0.5) is 4.39 Å². The van der Waals surface area contributed by atoms with Crippen LogP contribution in [-0.2, 0) is 4.79 Å². The number of aldehydes is 1. The molecule has 13 heavy (non-hydrogen) atoms. The van der Waals surface area contributed by atoms with Gasteiger partial charge in [0.05, 0.1) is 0 Å². The summed E-state index contributed by atoms with van der Waals surface area (Å²) in [4.78, 5) is 10.1. The first kappa shape index (κ1) is 9.65. The number of hydrogen-bond acceptors (Lipinski definition) is 1. The number of halogens is 1. The van der Waals surface area contributed by atoms with E-state index in [0.717, 1.165) is 17.4 Å². The molecule has 1 aromatic carbocycles. The van der Waals surface area contributed by atoms with Crippen molar-refractivity contribution in [3.63, 3.8) is 0 Å². The summed E-state index contributed by atoms with van der Waals surface area (Å²) >= 11 is 0. The third-order valence-electron chi connectivity index (χ3n) is 1.82. The van der Waals surface area contributed by atoms with Crippen molar-refractivity contribution in [3.05, 3.63) is 42.2 Å². The molecule has 68 valence electrons. The lowest BCUT2D eigenvalue weighted by Gasteiger charge is -2.02. The molecule has 0 fully saturated rings. The van der Waals surface area contributed by atoms with E-state index >= 15 is 0 Å². The highest BCUT2D eigenvalue weighted by atomic mass is 19.1. The summed E-state index contributed by atoms with van der Waals surface area (Å²) in [6.07, 6.45) is 1.96. The highest BCUT2D eigenvalue weighted by Crippen LogP contribution is 2.17. The van der Waals surface area contributed by atoms with Crippen LogP contribution in [0.25, 0.3) is 5.57 Å². The molecule has 0 unspecified atom stereocenters. The van der Waals surface area contributed by atoms with Crippen LogP contribution in [0.5, 0.6) is 0 Å².